The molecule has 0 saturated carbocycles. The summed E-state index contributed by atoms with van der Waals surface area (Å²) in [6.45, 7) is 4.58. The standard InChI is InChI=1S/C27H27N3O5S/c1-3-18-8-11-21(12-9-18)28-27-29-26(31)25(36-27)16-19-10-13-23(24(15-19)34-4-2)35-17-20-6-5-7-22(14-20)30(32)33/h5-16,27-28H,3-4,17H2,1-2H3,(H,29,31)/b25-16-/t27-/m1/s1. The molecular formula is C27H27N3O5S. The molecule has 3 aromatic rings. The fourth-order valence-electron chi connectivity index (χ4n) is 3.63. The van der Waals surface area contributed by atoms with E-state index in [1.54, 1.807) is 18.2 Å². The molecule has 3 aromatic carbocycles. The SMILES string of the molecule is CCOc1cc(/C=C2\S[C@H](Nc3ccc(CC)cc3)NC2=O)ccc1OCc1cccc([N+](=O)[O-])c1. The Labute approximate surface area is 213 Å². The van der Waals surface area contributed by atoms with E-state index in [0.717, 1.165) is 17.7 Å². The summed E-state index contributed by atoms with van der Waals surface area (Å²) in [5.41, 5.74) is 3.43. The zero-order valence-electron chi connectivity index (χ0n) is 20.0. The lowest BCUT2D eigenvalue weighted by molar-refractivity contribution is -0.384. The third-order valence-electron chi connectivity index (χ3n) is 5.47. The summed E-state index contributed by atoms with van der Waals surface area (Å²) in [4.78, 5) is 23.7. The topological polar surface area (TPSA) is 103 Å². The van der Waals surface area contributed by atoms with E-state index in [9.17, 15) is 14.9 Å². The average Bonchev–Trinajstić information content (AvgIpc) is 3.22. The van der Waals surface area contributed by atoms with Crippen LogP contribution < -0.4 is 20.1 Å². The molecular weight excluding hydrogens is 478 g/mol. The van der Waals surface area contributed by atoms with Gasteiger partial charge in [0.05, 0.1) is 16.4 Å². The van der Waals surface area contributed by atoms with Crippen LogP contribution in [0.1, 0.15) is 30.5 Å². The maximum Gasteiger partial charge on any atom is 0.269 e. The number of benzene rings is 3. The number of carbonyl (C=O) groups excluding carboxylic acids is 1. The smallest absolute Gasteiger partial charge is 0.269 e. The number of aryl methyl sites for hydroxylation is 1. The molecule has 0 radical (unpaired) electrons. The van der Waals surface area contributed by atoms with Crippen molar-refractivity contribution in [3.63, 3.8) is 0 Å². The first-order valence-electron chi connectivity index (χ1n) is 11.6. The summed E-state index contributed by atoms with van der Waals surface area (Å²) in [5.74, 6) is 0.905. The molecule has 0 spiro atoms. The van der Waals surface area contributed by atoms with Crippen molar-refractivity contribution in [2.24, 2.45) is 0 Å². The van der Waals surface area contributed by atoms with Gasteiger partial charge in [0, 0.05) is 17.8 Å². The minimum absolute atomic E-state index is 0.0150. The molecule has 1 fully saturated rings. The minimum atomic E-state index is -0.434. The van der Waals surface area contributed by atoms with Crippen molar-refractivity contribution in [3.8, 4) is 11.5 Å². The van der Waals surface area contributed by atoms with Crippen molar-refractivity contribution in [1.82, 2.24) is 5.32 Å². The molecule has 1 amide bonds. The van der Waals surface area contributed by atoms with Crippen LogP contribution in [0.4, 0.5) is 11.4 Å². The zero-order chi connectivity index (χ0) is 25.5. The molecule has 8 nitrogen and oxygen atoms in total. The Balaban J connectivity index is 1.44. The zero-order valence-corrected chi connectivity index (χ0v) is 20.8. The van der Waals surface area contributed by atoms with Crippen molar-refractivity contribution in [2.75, 3.05) is 11.9 Å². The summed E-state index contributed by atoms with van der Waals surface area (Å²) < 4.78 is 11.6. The van der Waals surface area contributed by atoms with Gasteiger partial charge < -0.3 is 20.1 Å². The molecule has 1 saturated heterocycles. The van der Waals surface area contributed by atoms with Gasteiger partial charge in [-0.2, -0.15) is 0 Å². The average molecular weight is 506 g/mol. The minimum Gasteiger partial charge on any atom is -0.490 e. The summed E-state index contributed by atoms with van der Waals surface area (Å²) in [6, 6.07) is 19.9. The normalized spacial score (nSPS) is 16.0. The molecule has 2 N–H and O–H groups in total. The fourth-order valence-corrected chi connectivity index (χ4v) is 4.61. The molecule has 1 aliphatic rings. The van der Waals surface area contributed by atoms with Crippen LogP contribution in [0.2, 0.25) is 0 Å². The first kappa shape index (κ1) is 25.1. The summed E-state index contributed by atoms with van der Waals surface area (Å²) in [7, 11) is 0. The highest BCUT2D eigenvalue weighted by Crippen LogP contribution is 2.34. The quantitative estimate of drug-likeness (QED) is 0.206. The molecule has 1 heterocycles. The van der Waals surface area contributed by atoms with Gasteiger partial charge in [0.15, 0.2) is 17.0 Å². The molecule has 0 aromatic heterocycles. The highest BCUT2D eigenvalue weighted by atomic mass is 32.2. The summed E-state index contributed by atoms with van der Waals surface area (Å²) in [6.07, 6.45) is 2.79. The van der Waals surface area contributed by atoms with Crippen LogP contribution in [0.25, 0.3) is 6.08 Å². The maximum atomic E-state index is 12.5. The Morgan fingerprint density at radius 2 is 1.83 bits per heavy atom. The van der Waals surface area contributed by atoms with Crippen LogP contribution in [0.3, 0.4) is 0 Å². The number of non-ortho nitro benzene ring substituents is 1. The number of ether oxygens (including phenoxy) is 2. The van der Waals surface area contributed by atoms with Gasteiger partial charge in [0.1, 0.15) is 6.61 Å². The first-order chi connectivity index (χ1) is 17.4. The predicted octanol–water partition coefficient (Wildman–Crippen LogP) is 5.73. The molecule has 0 unspecified atom stereocenters. The Kier molecular flexibility index (Phi) is 8.12. The monoisotopic (exact) mass is 505 g/mol. The van der Waals surface area contributed by atoms with Gasteiger partial charge in [-0.1, -0.05) is 49.0 Å². The van der Waals surface area contributed by atoms with Crippen molar-refractivity contribution in [3.05, 3.63) is 98.4 Å². The summed E-state index contributed by atoms with van der Waals surface area (Å²) >= 11 is 1.42. The van der Waals surface area contributed by atoms with E-state index < -0.39 is 4.92 Å². The third kappa shape index (κ3) is 6.37. The number of carbonyl (C=O) groups is 1. The first-order valence-corrected chi connectivity index (χ1v) is 12.5. The number of amides is 1. The molecule has 186 valence electrons. The van der Waals surface area contributed by atoms with Crippen LogP contribution in [0.15, 0.2) is 71.6 Å². The Morgan fingerprint density at radius 3 is 2.56 bits per heavy atom. The number of hydrogen-bond donors (Lipinski definition) is 2. The lowest BCUT2D eigenvalue weighted by Gasteiger charge is -2.13. The molecule has 4 rings (SSSR count). The Bertz CT molecular complexity index is 1280. The molecule has 1 aliphatic heterocycles. The number of rotatable bonds is 10. The van der Waals surface area contributed by atoms with Gasteiger partial charge in [0.25, 0.3) is 11.6 Å². The highest BCUT2D eigenvalue weighted by molar-refractivity contribution is 8.05. The van der Waals surface area contributed by atoms with Crippen molar-refractivity contribution in [1.29, 1.82) is 0 Å². The largest absolute Gasteiger partial charge is 0.490 e. The lowest BCUT2D eigenvalue weighted by Crippen LogP contribution is -2.30. The van der Waals surface area contributed by atoms with E-state index >= 15 is 0 Å². The molecule has 9 heteroatoms. The molecule has 0 aliphatic carbocycles. The second kappa shape index (κ2) is 11.6. The second-order valence-electron chi connectivity index (χ2n) is 8.03. The molecule has 1 atom stereocenters. The highest BCUT2D eigenvalue weighted by Gasteiger charge is 2.27. The van der Waals surface area contributed by atoms with E-state index in [0.29, 0.717) is 28.6 Å². The number of nitrogens with one attached hydrogen (secondary N) is 2. The molecule has 36 heavy (non-hydrogen) atoms. The number of hydrogen-bond acceptors (Lipinski definition) is 7. The van der Waals surface area contributed by atoms with Crippen LogP contribution in [0, 0.1) is 10.1 Å². The fraction of sp³-hybridized carbons (Fsp3) is 0.222. The van der Waals surface area contributed by atoms with E-state index in [-0.39, 0.29) is 23.7 Å². The third-order valence-corrected chi connectivity index (χ3v) is 6.50. The van der Waals surface area contributed by atoms with Crippen LogP contribution in [-0.2, 0) is 17.8 Å². The number of thioether (sulfide) groups is 1. The van der Waals surface area contributed by atoms with Crippen LogP contribution >= 0.6 is 11.8 Å². The van der Waals surface area contributed by atoms with Gasteiger partial charge in [-0.15, -0.1) is 0 Å². The van der Waals surface area contributed by atoms with E-state index in [2.05, 4.69) is 29.7 Å². The van der Waals surface area contributed by atoms with Gasteiger partial charge in [-0.05, 0) is 60.4 Å². The van der Waals surface area contributed by atoms with Gasteiger partial charge in [-0.3, -0.25) is 14.9 Å². The van der Waals surface area contributed by atoms with E-state index in [1.165, 1.54) is 29.5 Å². The number of nitro groups is 1. The Hall–Kier alpha value is -3.98. The van der Waals surface area contributed by atoms with Gasteiger partial charge in [-0.25, -0.2) is 0 Å². The van der Waals surface area contributed by atoms with Crippen molar-refractivity contribution < 1.29 is 19.2 Å². The van der Waals surface area contributed by atoms with Crippen LogP contribution in [-0.4, -0.2) is 22.9 Å². The lowest BCUT2D eigenvalue weighted by atomic mass is 10.1. The van der Waals surface area contributed by atoms with Gasteiger partial charge >= 0.3 is 0 Å². The second-order valence-corrected chi connectivity index (χ2v) is 9.18. The number of nitrogens with zero attached hydrogens (tertiary/aromatic N) is 1. The van der Waals surface area contributed by atoms with E-state index in [1.807, 2.05) is 37.3 Å². The van der Waals surface area contributed by atoms with Gasteiger partial charge in [0.2, 0.25) is 0 Å². The number of anilines is 1. The number of nitro benzene ring substituents is 1. The van der Waals surface area contributed by atoms with E-state index in [4.69, 9.17) is 9.47 Å². The van der Waals surface area contributed by atoms with Crippen molar-refractivity contribution in [2.45, 2.75) is 32.4 Å². The summed E-state index contributed by atoms with van der Waals surface area (Å²) in [5, 5.41) is 17.3. The van der Waals surface area contributed by atoms with Crippen LogP contribution in [0.5, 0.6) is 11.5 Å². The molecule has 0 bridgehead atoms. The maximum absolute atomic E-state index is 12.5. The Morgan fingerprint density at radius 1 is 1.03 bits per heavy atom. The van der Waals surface area contributed by atoms with Crippen molar-refractivity contribution >= 4 is 35.1 Å². The predicted molar refractivity (Wildman–Crippen MR) is 142 cm³/mol.